The Labute approximate surface area is 117 Å². The molecular weight excluding hydrogens is 230 g/mol. The van der Waals surface area contributed by atoms with E-state index in [9.17, 15) is 0 Å². The minimum atomic E-state index is 0.748. The van der Waals surface area contributed by atoms with E-state index in [2.05, 4.69) is 36.5 Å². The van der Waals surface area contributed by atoms with Crippen molar-refractivity contribution in [1.82, 2.24) is 5.32 Å². The second kappa shape index (κ2) is 6.09. The molecule has 2 atom stereocenters. The maximum atomic E-state index is 3.85. The summed E-state index contributed by atoms with van der Waals surface area (Å²) in [4.78, 5) is 0. The van der Waals surface area contributed by atoms with Gasteiger partial charge < -0.3 is 5.32 Å². The van der Waals surface area contributed by atoms with E-state index in [0.717, 1.165) is 17.9 Å². The van der Waals surface area contributed by atoms with Gasteiger partial charge in [-0.1, -0.05) is 44.0 Å². The number of aryl methyl sites for hydroxylation is 1. The topological polar surface area (TPSA) is 12.0 Å². The molecule has 1 N–H and O–H groups in total. The second-order valence-corrected chi connectivity index (χ2v) is 6.48. The Morgan fingerprint density at radius 1 is 1.21 bits per heavy atom. The van der Waals surface area contributed by atoms with Gasteiger partial charge in [0.15, 0.2) is 0 Å². The number of hydrogen-bond acceptors (Lipinski definition) is 1. The van der Waals surface area contributed by atoms with Gasteiger partial charge in [0, 0.05) is 12.6 Å². The van der Waals surface area contributed by atoms with E-state index in [1.165, 1.54) is 51.5 Å². The van der Waals surface area contributed by atoms with Gasteiger partial charge in [0.1, 0.15) is 0 Å². The fourth-order valence-electron chi connectivity index (χ4n) is 3.53. The molecule has 2 aliphatic carbocycles. The van der Waals surface area contributed by atoms with Crippen molar-refractivity contribution in [3.63, 3.8) is 0 Å². The number of fused-ring (bicyclic) bond motifs is 1. The molecule has 1 aromatic rings. The lowest BCUT2D eigenvalue weighted by molar-refractivity contribution is 0.411. The molecule has 1 saturated carbocycles. The molecule has 2 aliphatic rings. The van der Waals surface area contributed by atoms with Gasteiger partial charge in [-0.2, -0.15) is 0 Å². The first-order valence-electron chi connectivity index (χ1n) is 8.18. The zero-order valence-electron chi connectivity index (χ0n) is 12.2. The van der Waals surface area contributed by atoms with Gasteiger partial charge in [-0.25, -0.2) is 0 Å². The first kappa shape index (κ1) is 13.2. The Morgan fingerprint density at radius 3 is 2.84 bits per heavy atom. The second-order valence-electron chi connectivity index (χ2n) is 6.48. The molecule has 1 aromatic carbocycles. The molecule has 0 aromatic heterocycles. The highest BCUT2D eigenvalue weighted by atomic mass is 14.9. The van der Waals surface area contributed by atoms with Crippen molar-refractivity contribution >= 4 is 0 Å². The highest BCUT2D eigenvalue weighted by Gasteiger charge is 2.25. The third-order valence-electron chi connectivity index (χ3n) is 4.95. The molecule has 19 heavy (non-hydrogen) atoms. The maximum Gasteiger partial charge on any atom is 0.00673 e. The molecule has 1 nitrogen and oxygen atoms in total. The average molecular weight is 257 g/mol. The van der Waals surface area contributed by atoms with Crippen molar-refractivity contribution in [2.24, 2.45) is 5.92 Å². The van der Waals surface area contributed by atoms with Crippen molar-refractivity contribution in [3.8, 4) is 0 Å². The van der Waals surface area contributed by atoms with Gasteiger partial charge in [-0.05, 0) is 55.1 Å². The predicted molar refractivity (Wildman–Crippen MR) is 81.5 cm³/mol. The molecular formula is C18H27N. The summed E-state index contributed by atoms with van der Waals surface area (Å²) in [7, 11) is 0. The SMILES string of the molecule is CCC(CC1CC1)NCC1CCCc2ccccc21. The van der Waals surface area contributed by atoms with Crippen LogP contribution in [0.1, 0.15) is 62.5 Å². The van der Waals surface area contributed by atoms with Crippen LogP contribution in [0.4, 0.5) is 0 Å². The van der Waals surface area contributed by atoms with E-state index < -0.39 is 0 Å². The number of hydrogen-bond donors (Lipinski definition) is 1. The van der Waals surface area contributed by atoms with Crippen LogP contribution in [-0.4, -0.2) is 12.6 Å². The van der Waals surface area contributed by atoms with E-state index in [1.54, 1.807) is 11.1 Å². The molecule has 0 amide bonds. The smallest absolute Gasteiger partial charge is 0.00673 e. The molecule has 0 saturated heterocycles. The Kier molecular flexibility index (Phi) is 4.22. The molecule has 104 valence electrons. The minimum Gasteiger partial charge on any atom is -0.313 e. The van der Waals surface area contributed by atoms with Gasteiger partial charge in [-0.15, -0.1) is 0 Å². The lowest BCUT2D eigenvalue weighted by Crippen LogP contribution is -2.33. The first-order valence-corrected chi connectivity index (χ1v) is 8.18. The monoisotopic (exact) mass is 257 g/mol. The fourth-order valence-corrected chi connectivity index (χ4v) is 3.53. The van der Waals surface area contributed by atoms with Crippen LogP contribution in [0, 0.1) is 5.92 Å². The summed E-state index contributed by atoms with van der Waals surface area (Å²) < 4.78 is 0. The predicted octanol–water partition coefficient (Wildman–Crippen LogP) is 4.27. The molecule has 0 radical (unpaired) electrons. The number of benzene rings is 1. The zero-order valence-corrected chi connectivity index (χ0v) is 12.2. The van der Waals surface area contributed by atoms with Gasteiger partial charge in [0.05, 0.1) is 0 Å². The van der Waals surface area contributed by atoms with Crippen LogP contribution in [0.3, 0.4) is 0 Å². The van der Waals surface area contributed by atoms with Crippen LogP contribution in [-0.2, 0) is 6.42 Å². The highest BCUT2D eigenvalue weighted by Crippen LogP contribution is 2.35. The standard InChI is InChI=1S/C18H27N/c1-2-17(12-14-10-11-14)19-13-16-8-5-7-15-6-3-4-9-18(15)16/h3-4,6,9,14,16-17,19H,2,5,7-8,10-13H2,1H3. The molecule has 1 heteroatoms. The molecule has 3 rings (SSSR count). The molecule has 0 bridgehead atoms. The van der Waals surface area contributed by atoms with Gasteiger partial charge >= 0.3 is 0 Å². The number of rotatable bonds is 6. The summed E-state index contributed by atoms with van der Waals surface area (Å²) >= 11 is 0. The van der Waals surface area contributed by atoms with Crippen LogP contribution < -0.4 is 5.32 Å². The van der Waals surface area contributed by atoms with Gasteiger partial charge in [0.2, 0.25) is 0 Å². The lowest BCUT2D eigenvalue weighted by atomic mass is 9.82. The van der Waals surface area contributed by atoms with Crippen molar-refractivity contribution in [2.45, 2.75) is 63.8 Å². The first-order chi connectivity index (χ1) is 9.36. The van der Waals surface area contributed by atoms with Crippen molar-refractivity contribution in [2.75, 3.05) is 6.54 Å². The van der Waals surface area contributed by atoms with Crippen LogP contribution in [0.25, 0.3) is 0 Å². The van der Waals surface area contributed by atoms with Crippen molar-refractivity contribution in [1.29, 1.82) is 0 Å². The third kappa shape index (κ3) is 3.39. The largest absolute Gasteiger partial charge is 0.313 e. The molecule has 0 spiro atoms. The summed E-state index contributed by atoms with van der Waals surface area (Å²) in [5.74, 6) is 1.79. The lowest BCUT2D eigenvalue weighted by Gasteiger charge is -2.28. The zero-order chi connectivity index (χ0) is 13.1. The summed E-state index contributed by atoms with van der Waals surface area (Å²) in [5.41, 5.74) is 3.21. The van der Waals surface area contributed by atoms with Crippen LogP contribution in [0.5, 0.6) is 0 Å². The summed E-state index contributed by atoms with van der Waals surface area (Å²) in [6, 6.07) is 9.82. The quantitative estimate of drug-likeness (QED) is 0.802. The third-order valence-corrected chi connectivity index (χ3v) is 4.95. The van der Waals surface area contributed by atoms with E-state index in [4.69, 9.17) is 0 Å². The Balaban J connectivity index is 1.57. The molecule has 0 heterocycles. The normalized spacial score (nSPS) is 23.9. The minimum absolute atomic E-state index is 0.748. The fraction of sp³-hybridized carbons (Fsp3) is 0.667. The molecule has 2 unspecified atom stereocenters. The Bertz CT molecular complexity index is 408. The Morgan fingerprint density at radius 2 is 2.05 bits per heavy atom. The Hall–Kier alpha value is -0.820. The maximum absolute atomic E-state index is 3.85. The van der Waals surface area contributed by atoms with Gasteiger partial charge in [0.25, 0.3) is 0 Å². The van der Waals surface area contributed by atoms with E-state index >= 15 is 0 Å². The van der Waals surface area contributed by atoms with Crippen molar-refractivity contribution in [3.05, 3.63) is 35.4 Å². The van der Waals surface area contributed by atoms with Crippen molar-refractivity contribution < 1.29 is 0 Å². The van der Waals surface area contributed by atoms with Gasteiger partial charge in [-0.3, -0.25) is 0 Å². The summed E-state index contributed by atoms with van der Waals surface area (Å²) in [5, 5.41) is 3.85. The number of nitrogens with one attached hydrogen (secondary N) is 1. The highest BCUT2D eigenvalue weighted by molar-refractivity contribution is 5.32. The molecule has 0 aliphatic heterocycles. The van der Waals surface area contributed by atoms with Crippen LogP contribution in [0.15, 0.2) is 24.3 Å². The van der Waals surface area contributed by atoms with E-state index in [-0.39, 0.29) is 0 Å². The van der Waals surface area contributed by atoms with Crippen LogP contribution in [0.2, 0.25) is 0 Å². The summed E-state index contributed by atoms with van der Waals surface area (Å²) in [6.07, 6.45) is 9.66. The average Bonchev–Trinajstić information content (AvgIpc) is 3.27. The van der Waals surface area contributed by atoms with Crippen LogP contribution >= 0.6 is 0 Å². The molecule has 1 fully saturated rings. The summed E-state index contributed by atoms with van der Waals surface area (Å²) in [6.45, 7) is 3.51. The van der Waals surface area contributed by atoms with E-state index in [0.29, 0.717) is 0 Å². The van der Waals surface area contributed by atoms with E-state index in [1.807, 2.05) is 0 Å².